The molecule has 3 aromatic rings. The number of ether oxygens (including phenoxy) is 2. The van der Waals surface area contributed by atoms with Crippen molar-refractivity contribution >= 4 is 19.1 Å². The van der Waals surface area contributed by atoms with E-state index in [9.17, 15) is 0 Å². The second-order valence-electron chi connectivity index (χ2n) is 8.94. The molecule has 3 aromatic carbocycles. The zero-order valence-corrected chi connectivity index (χ0v) is 22.3. The molecule has 0 N–H and O–H groups in total. The molecule has 3 rings (SSSR count). The minimum absolute atomic E-state index is 0.104. The van der Waals surface area contributed by atoms with E-state index in [1.807, 2.05) is 0 Å². The molecule has 0 fully saturated rings. The molecule has 0 bridgehead atoms. The van der Waals surface area contributed by atoms with Crippen LogP contribution in [0, 0.1) is 0 Å². The van der Waals surface area contributed by atoms with Crippen LogP contribution >= 0.6 is 0 Å². The molecule has 0 aliphatic heterocycles. The SMILES string of the molecule is CC[Si](CC)(CC)O[C@@H](C/C=C\Cc1ccc(COCOC)cc1)c1ccc2ccccc2c1. The smallest absolute Gasteiger partial charge is 0.192 e. The normalized spacial score (nSPS) is 13.1. The van der Waals surface area contributed by atoms with Gasteiger partial charge in [-0.05, 0) is 64.5 Å². The van der Waals surface area contributed by atoms with Gasteiger partial charge in [-0.15, -0.1) is 0 Å². The second kappa shape index (κ2) is 13.6. The molecule has 1 atom stereocenters. The monoisotopic (exact) mass is 476 g/mol. The molecule has 0 aliphatic rings. The standard InChI is InChI=1S/C30H40O3Si/c1-5-34(6-2,7-3)33-30(29-21-20-27-13-9-10-14-28(27)22-29)15-11-8-12-25-16-18-26(19-17-25)23-32-24-31-4/h8-11,13-14,16-22,30H,5-7,12,15,23-24H2,1-4H3/b11-8-/t30-/m0/s1. The molecule has 34 heavy (non-hydrogen) atoms. The summed E-state index contributed by atoms with van der Waals surface area (Å²) in [6.45, 7) is 7.80. The van der Waals surface area contributed by atoms with E-state index in [4.69, 9.17) is 13.9 Å². The van der Waals surface area contributed by atoms with Crippen LogP contribution in [0.1, 0.15) is 50.0 Å². The molecule has 0 saturated carbocycles. The largest absolute Gasteiger partial charge is 0.410 e. The molecule has 0 unspecified atom stereocenters. The van der Waals surface area contributed by atoms with Gasteiger partial charge in [0.05, 0.1) is 12.7 Å². The molecule has 182 valence electrons. The number of hydrogen-bond acceptors (Lipinski definition) is 3. The van der Waals surface area contributed by atoms with Gasteiger partial charge in [0, 0.05) is 7.11 Å². The van der Waals surface area contributed by atoms with Crippen LogP contribution in [-0.4, -0.2) is 22.2 Å². The van der Waals surface area contributed by atoms with Crippen LogP contribution in [-0.2, 0) is 26.9 Å². The summed E-state index contributed by atoms with van der Waals surface area (Å²) in [5.74, 6) is 0. The molecule has 0 radical (unpaired) electrons. The molecular weight excluding hydrogens is 436 g/mol. The first-order valence-corrected chi connectivity index (χ1v) is 15.1. The van der Waals surface area contributed by atoms with Gasteiger partial charge >= 0.3 is 0 Å². The Labute approximate surface area is 206 Å². The van der Waals surface area contributed by atoms with Crippen LogP contribution in [0.2, 0.25) is 18.1 Å². The average Bonchev–Trinajstić information content (AvgIpc) is 2.89. The quantitative estimate of drug-likeness (QED) is 0.101. The van der Waals surface area contributed by atoms with E-state index in [1.165, 1.54) is 21.9 Å². The number of methoxy groups -OCH3 is 1. The fourth-order valence-electron chi connectivity index (χ4n) is 4.42. The highest BCUT2D eigenvalue weighted by atomic mass is 28.4. The zero-order valence-electron chi connectivity index (χ0n) is 21.3. The summed E-state index contributed by atoms with van der Waals surface area (Å²) in [7, 11) is -0.0911. The number of allylic oxidation sites excluding steroid dienone is 1. The van der Waals surface area contributed by atoms with Gasteiger partial charge in [-0.25, -0.2) is 0 Å². The van der Waals surface area contributed by atoms with Crippen molar-refractivity contribution in [2.24, 2.45) is 0 Å². The van der Waals surface area contributed by atoms with Crippen molar-refractivity contribution in [3.05, 3.63) is 95.6 Å². The lowest BCUT2D eigenvalue weighted by atomic mass is 10.0. The molecule has 0 heterocycles. The maximum Gasteiger partial charge on any atom is 0.192 e. The third kappa shape index (κ3) is 7.38. The van der Waals surface area contributed by atoms with Crippen LogP contribution in [0.25, 0.3) is 10.8 Å². The minimum Gasteiger partial charge on any atom is -0.410 e. The van der Waals surface area contributed by atoms with E-state index in [-0.39, 0.29) is 6.10 Å². The molecule has 0 spiro atoms. The molecule has 0 aliphatic carbocycles. The number of fused-ring (bicyclic) bond motifs is 1. The first-order chi connectivity index (χ1) is 16.6. The summed E-state index contributed by atoms with van der Waals surface area (Å²) in [6.07, 6.45) is 6.50. The summed E-state index contributed by atoms with van der Waals surface area (Å²) in [5.41, 5.74) is 3.75. The highest BCUT2D eigenvalue weighted by molar-refractivity contribution is 6.73. The van der Waals surface area contributed by atoms with Gasteiger partial charge in [0.2, 0.25) is 0 Å². The van der Waals surface area contributed by atoms with Crippen LogP contribution in [0.15, 0.2) is 78.9 Å². The van der Waals surface area contributed by atoms with Gasteiger partial charge in [-0.2, -0.15) is 0 Å². The molecule has 4 heteroatoms. The number of hydrogen-bond donors (Lipinski definition) is 0. The Morgan fingerprint density at radius 3 is 2.15 bits per heavy atom. The fraction of sp³-hybridized carbons (Fsp3) is 0.400. The minimum atomic E-state index is -1.73. The van der Waals surface area contributed by atoms with Crippen LogP contribution in [0.5, 0.6) is 0 Å². The van der Waals surface area contributed by atoms with Gasteiger partial charge in [0.1, 0.15) is 6.79 Å². The van der Waals surface area contributed by atoms with Crippen molar-refractivity contribution < 1.29 is 13.9 Å². The van der Waals surface area contributed by atoms with Crippen molar-refractivity contribution in [2.75, 3.05) is 13.9 Å². The predicted molar refractivity (Wildman–Crippen MR) is 146 cm³/mol. The van der Waals surface area contributed by atoms with Crippen molar-refractivity contribution in [2.45, 2.75) is 64.5 Å². The zero-order chi connectivity index (χ0) is 24.2. The van der Waals surface area contributed by atoms with Crippen LogP contribution in [0.4, 0.5) is 0 Å². The Morgan fingerprint density at radius 2 is 1.47 bits per heavy atom. The highest BCUT2D eigenvalue weighted by Gasteiger charge is 2.32. The highest BCUT2D eigenvalue weighted by Crippen LogP contribution is 2.33. The van der Waals surface area contributed by atoms with Gasteiger partial charge < -0.3 is 13.9 Å². The summed E-state index contributed by atoms with van der Waals surface area (Å²) < 4.78 is 17.4. The molecule has 0 aromatic heterocycles. The van der Waals surface area contributed by atoms with Crippen molar-refractivity contribution in [1.29, 1.82) is 0 Å². The summed E-state index contributed by atoms with van der Waals surface area (Å²) in [5, 5.41) is 2.56. The Balaban J connectivity index is 1.70. The Morgan fingerprint density at radius 1 is 0.794 bits per heavy atom. The number of benzene rings is 3. The maximum absolute atomic E-state index is 7.00. The van der Waals surface area contributed by atoms with E-state index >= 15 is 0 Å². The van der Waals surface area contributed by atoms with Crippen LogP contribution < -0.4 is 0 Å². The third-order valence-corrected chi connectivity index (χ3v) is 11.5. The summed E-state index contributed by atoms with van der Waals surface area (Å²) in [4.78, 5) is 0. The lowest BCUT2D eigenvalue weighted by Gasteiger charge is -2.33. The Kier molecular flexibility index (Phi) is 10.5. The first-order valence-electron chi connectivity index (χ1n) is 12.6. The lowest BCUT2D eigenvalue weighted by molar-refractivity contribution is -0.0390. The van der Waals surface area contributed by atoms with Gasteiger partial charge in [0.15, 0.2) is 8.32 Å². The van der Waals surface area contributed by atoms with E-state index < -0.39 is 8.32 Å². The number of rotatable bonds is 14. The topological polar surface area (TPSA) is 27.7 Å². The Hall–Kier alpha value is -2.24. The summed E-state index contributed by atoms with van der Waals surface area (Å²) >= 11 is 0. The van der Waals surface area contributed by atoms with Crippen LogP contribution in [0.3, 0.4) is 0 Å². The predicted octanol–water partition coefficient (Wildman–Crippen LogP) is 8.21. The second-order valence-corrected chi connectivity index (χ2v) is 13.7. The molecule has 0 saturated heterocycles. The lowest BCUT2D eigenvalue weighted by Crippen LogP contribution is -2.37. The molecular formula is C30H40O3Si. The Bertz CT molecular complexity index is 1020. The van der Waals surface area contributed by atoms with Gasteiger partial charge in [-0.1, -0.05) is 93.6 Å². The molecule has 0 amide bonds. The van der Waals surface area contributed by atoms with Gasteiger partial charge in [0.25, 0.3) is 0 Å². The first kappa shape index (κ1) is 26.4. The summed E-state index contributed by atoms with van der Waals surface area (Å²) in [6, 6.07) is 27.5. The van der Waals surface area contributed by atoms with E-state index in [1.54, 1.807) is 7.11 Å². The maximum atomic E-state index is 7.00. The fourth-order valence-corrected chi connectivity index (χ4v) is 7.25. The van der Waals surface area contributed by atoms with Crippen molar-refractivity contribution in [3.63, 3.8) is 0 Å². The van der Waals surface area contributed by atoms with Crippen molar-refractivity contribution in [1.82, 2.24) is 0 Å². The van der Waals surface area contributed by atoms with E-state index in [0.29, 0.717) is 13.4 Å². The van der Waals surface area contributed by atoms with Gasteiger partial charge in [-0.3, -0.25) is 0 Å². The van der Waals surface area contributed by atoms with E-state index in [0.717, 1.165) is 36.5 Å². The third-order valence-electron chi connectivity index (χ3n) is 6.83. The average molecular weight is 477 g/mol. The molecule has 3 nitrogen and oxygen atoms in total. The van der Waals surface area contributed by atoms with E-state index in [2.05, 4.69) is 99.7 Å². The van der Waals surface area contributed by atoms with Crippen molar-refractivity contribution in [3.8, 4) is 0 Å².